The van der Waals surface area contributed by atoms with Crippen LogP contribution in [-0.4, -0.2) is 18.7 Å². The molecule has 4 heteroatoms. The third kappa shape index (κ3) is 2.68. The molecule has 1 N–H and O–H groups in total. The lowest BCUT2D eigenvalue weighted by molar-refractivity contribution is -0.133. The first kappa shape index (κ1) is 17.7. The molecule has 1 amide bonds. The molecule has 25 heavy (non-hydrogen) atoms. The van der Waals surface area contributed by atoms with E-state index in [2.05, 4.69) is 5.32 Å². The molecule has 0 fully saturated rings. The Bertz CT molecular complexity index is 842. The molecule has 1 aromatic heterocycles. The Morgan fingerprint density at radius 3 is 2.40 bits per heavy atom. The maximum Gasteiger partial charge on any atom is 0.226 e. The lowest BCUT2D eigenvalue weighted by Gasteiger charge is -2.38. The van der Waals surface area contributed by atoms with E-state index in [9.17, 15) is 9.59 Å². The van der Waals surface area contributed by atoms with Gasteiger partial charge >= 0.3 is 0 Å². The van der Waals surface area contributed by atoms with Crippen LogP contribution in [0.15, 0.2) is 22.6 Å². The van der Waals surface area contributed by atoms with Crippen LogP contribution >= 0.6 is 0 Å². The summed E-state index contributed by atoms with van der Waals surface area (Å²) in [4.78, 5) is 25.5. The van der Waals surface area contributed by atoms with E-state index in [0.29, 0.717) is 5.56 Å². The molecule has 0 saturated carbocycles. The zero-order valence-electron chi connectivity index (χ0n) is 15.8. The summed E-state index contributed by atoms with van der Waals surface area (Å²) in [5, 5.41) is 3.79. The Labute approximate surface area is 149 Å². The number of aryl methyl sites for hydroxylation is 2. The van der Waals surface area contributed by atoms with E-state index in [0.717, 1.165) is 36.0 Å². The summed E-state index contributed by atoms with van der Waals surface area (Å²) in [6.07, 6.45) is 4.37. The molecule has 0 unspecified atom stereocenters. The van der Waals surface area contributed by atoms with Crippen molar-refractivity contribution < 1.29 is 14.0 Å². The van der Waals surface area contributed by atoms with Gasteiger partial charge in [0.25, 0.3) is 0 Å². The first-order valence-electron chi connectivity index (χ1n) is 9.01. The highest BCUT2D eigenvalue weighted by molar-refractivity contribution is 6.05. The molecule has 1 heterocycles. The van der Waals surface area contributed by atoms with Crippen LogP contribution < -0.4 is 5.32 Å². The second kappa shape index (κ2) is 6.01. The minimum atomic E-state index is -0.840. The van der Waals surface area contributed by atoms with Gasteiger partial charge in [-0.25, -0.2) is 0 Å². The van der Waals surface area contributed by atoms with E-state index in [1.54, 1.807) is 7.05 Å². The Morgan fingerprint density at radius 1 is 1.04 bits per heavy atom. The third-order valence-electron chi connectivity index (χ3n) is 6.14. The molecular formula is C21H27NO3. The molecule has 0 radical (unpaired) electrons. The van der Waals surface area contributed by atoms with Gasteiger partial charge in [0.15, 0.2) is 5.78 Å². The lowest BCUT2D eigenvalue weighted by Crippen LogP contribution is -2.49. The van der Waals surface area contributed by atoms with Crippen LogP contribution in [0.3, 0.4) is 0 Å². The smallest absolute Gasteiger partial charge is 0.226 e. The average molecular weight is 341 g/mol. The van der Waals surface area contributed by atoms with E-state index in [1.807, 2.05) is 45.9 Å². The predicted octanol–water partition coefficient (Wildman–Crippen LogP) is 4.29. The summed E-state index contributed by atoms with van der Waals surface area (Å²) in [6.45, 7) is 7.30. The van der Waals surface area contributed by atoms with E-state index >= 15 is 0 Å². The monoisotopic (exact) mass is 341 g/mol. The van der Waals surface area contributed by atoms with Gasteiger partial charge in [0.1, 0.15) is 11.3 Å². The van der Waals surface area contributed by atoms with Gasteiger partial charge in [-0.05, 0) is 25.3 Å². The number of Topliss-reactive ketones (excluding diaryl/α,β-unsaturated/α-hetero) is 1. The number of hydrogen-bond acceptors (Lipinski definition) is 3. The molecule has 1 aromatic carbocycles. The molecule has 0 bridgehead atoms. The largest absolute Gasteiger partial charge is 0.461 e. The van der Waals surface area contributed by atoms with E-state index in [-0.39, 0.29) is 11.7 Å². The first-order chi connectivity index (χ1) is 11.7. The van der Waals surface area contributed by atoms with Crippen LogP contribution in [0.25, 0.3) is 11.0 Å². The van der Waals surface area contributed by atoms with Crippen molar-refractivity contribution in [3.8, 4) is 0 Å². The van der Waals surface area contributed by atoms with Gasteiger partial charge in [-0.15, -0.1) is 0 Å². The number of hydrogen-bond donors (Lipinski definition) is 1. The predicted molar refractivity (Wildman–Crippen MR) is 98.8 cm³/mol. The number of fused-ring (bicyclic) bond motifs is 3. The summed E-state index contributed by atoms with van der Waals surface area (Å²) >= 11 is 0. The quantitative estimate of drug-likeness (QED) is 0.844. The molecule has 1 aliphatic carbocycles. The van der Waals surface area contributed by atoms with Crippen molar-refractivity contribution in [2.24, 2.45) is 10.8 Å². The summed E-state index contributed by atoms with van der Waals surface area (Å²) in [6, 6.07) is 5.72. The number of carbonyl (C=O) groups excluding carboxylic acids is 2. The number of benzene rings is 1. The molecule has 4 nitrogen and oxygen atoms in total. The van der Waals surface area contributed by atoms with E-state index in [4.69, 9.17) is 4.42 Å². The van der Waals surface area contributed by atoms with Crippen molar-refractivity contribution in [3.05, 3.63) is 35.1 Å². The van der Waals surface area contributed by atoms with Crippen molar-refractivity contribution >= 4 is 22.7 Å². The zero-order valence-corrected chi connectivity index (χ0v) is 15.8. The summed E-state index contributed by atoms with van der Waals surface area (Å²) in [5.74, 6) is 0.883. The second-order valence-electron chi connectivity index (χ2n) is 8.08. The number of furan rings is 1. The van der Waals surface area contributed by atoms with Crippen LogP contribution in [0.5, 0.6) is 0 Å². The normalized spacial score (nSPS) is 15.1. The van der Waals surface area contributed by atoms with Crippen LogP contribution in [0, 0.1) is 10.8 Å². The van der Waals surface area contributed by atoms with Gasteiger partial charge in [-0.3, -0.25) is 9.59 Å². The zero-order chi connectivity index (χ0) is 18.4. The number of nitrogens with one attached hydrogen (secondary N) is 1. The highest BCUT2D eigenvalue weighted by Gasteiger charge is 2.48. The van der Waals surface area contributed by atoms with Crippen LogP contribution in [0.1, 0.15) is 62.2 Å². The van der Waals surface area contributed by atoms with Crippen LogP contribution in [0.2, 0.25) is 0 Å². The lowest BCUT2D eigenvalue weighted by atomic mass is 9.63. The SMILES string of the molecule is CNC(=O)C(C)(C)C(C)(C)C(=O)c1ccc2c3c(oc2c1)CCCC3. The Hall–Kier alpha value is -2.10. The van der Waals surface area contributed by atoms with Crippen molar-refractivity contribution in [1.29, 1.82) is 0 Å². The number of rotatable bonds is 4. The minimum Gasteiger partial charge on any atom is -0.461 e. The second-order valence-corrected chi connectivity index (χ2v) is 8.08. The Balaban J connectivity index is 2.01. The Kier molecular flexibility index (Phi) is 4.26. The fourth-order valence-corrected chi connectivity index (χ4v) is 3.65. The maximum absolute atomic E-state index is 13.2. The molecule has 134 valence electrons. The summed E-state index contributed by atoms with van der Waals surface area (Å²) in [5.41, 5.74) is 1.01. The standard InChI is InChI=1S/C21H27NO3/c1-20(2,21(3,4)19(24)22-5)18(23)13-10-11-15-14-8-6-7-9-16(14)25-17(15)12-13/h10-12H,6-9H2,1-5H3,(H,22,24). The molecular weight excluding hydrogens is 314 g/mol. The van der Waals surface area contributed by atoms with Gasteiger partial charge in [0.2, 0.25) is 5.91 Å². The van der Waals surface area contributed by atoms with Crippen LogP contribution in [-0.2, 0) is 17.6 Å². The van der Waals surface area contributed by atoms with Gasteiger partial charge < -0.3 is 9.73 Å². The fraction of sp³-hybridized carbons (Fsp3) is 0.524. The molecule has 0 spiro atoms. The van der Waals surface area contributed by atoms with Crippen molar-refractivity contribution in [1.82, 2.24) is 5.32 Å². The van der Waals surface area contributed by atoms with Gasteiger partial charge in [0.05, 0.1) is 5.41 Å². The minimum absolute atomic E-state index is 0.0441. The molecule has 0 atom stereocenters. The number of carbonyl (C=O) groups is 2. The molecule has 0 saturated heterocycles. The van der Waals surface area contributed by atoms with E-state index in [1.165, 1.54) is 12.0 Å². The summed E-state index contributed by atoms with van der Waals surface area (Å²) < 4.78 is 6.02. The average Bonchev–Trinajstić information content (AvgIpc) is 2.97. The van der Waals surface area contributed by atoms with Crippen molar-refractivity contribution in [2.45, 2.75) is 53.4 Å². The topological polar surface area (TPSA) is 59.3 Å². The fourth-order valence-electron chi connectivity index (χ4n) is 3.65. The van der Waals surface area contributed by atoms with E-state index < -0.39 is 10.8 Å². The molecule has 0 aliphatic heterocycles. The number of amides is 1. The highest BCUT2D eigenvalue weighted by Crippen LogP contribution is 2.42. The van der Waals surface area contributed by atoms with Crippen molar-refractivity contribution in [2.75, 3.05) is 7.05 Å². The van der Waals surface area contributed by atoms with Crippen molar-refractivity contribution in [3.63, 3.8) is 0 Å². The van der Waals surface area contributed by atoms with Crippen LogP contribution in [0.4, 0.5) is 0 Å². The number of ketones is 1. The molecule has 3 rings (SSSR count). The third-order valence-corrected chi connectivity index (χ3v) is 6.14. The first-order valence-corrected chi connectivity index (χ1v) is 9.01. The van der Waals surface area contributed by atoms with Gasteiger partial charge in [-0.1, -0.05) is 39.8 Å². The highest BCUT2D eigenvalue weighted by atomic mass is 16.3. The Morgan fingerprint density at radius 2 is 1.72 bits per heavy atom. The molecule has 2 aromatic rings. The molecule has 1 aliphatic rings. The van der Waals surface area contributed by atoms with Gasteiger partial charge in [0, 0.05) is 35.4 Å². The van der Waals surface area contributed by atoms with Gasteiger partial charge in [-0.2, -0.15) is 0 Å². The summed E-state index contributed by atoms with van der Waals surface area (Å²) in [7, 11) is 1.60. The maximum atomic E-state index is 13.2.